The number of aromatic nitrogens is 1. The van der Waals surface area contributed by atoms with Crippen molar-refractivity contribution in [3.8, 4) is 0 Å². The first-order valence-corrected chi connectivity index (χ1v) is 5.16. The number of nitrogens with zero attached hydrogens (tertiary/aromatic N) is 1. The summed E-state index contributed by atoms with van der Waals surface area (Å²) in [6, 6.07) is 3.54. The van der Waals surface area contributed by atoms with Crippen LogP contribution in [0.1, 0.15) is 5.69 Å². The average molecular weight is 222 g/mol. The van der Waals surface area contributed by atoms with Crippen molar-refractivity contribution < 1.29 is 14.6 Å². The van der Waals surface area contributed by atoms with Crippen LogP contribution in [-0.4, -0.2) is 35.3 Å². The molecule has 1 fully saturated rings. The van der Waals surface area contributed by atoms with Crippen LogP contribution in [0.2, 0.25) is 0 Å². The Morgan fingerprint density at radius 1 is 1.62 bits per heavy atom. The molecule has 86 valence electrons. The molecule has 16 heavy (non-hydrogen) atoms. The summed E-state index contributed by atoms with van der Waals surface area (Å²) in [5, 5.41) is 12.2. The number of pyridine rings is 1. The number of hydrogen-bond acceptors (Lipinski definition) is 4. The lowest BCUT2D eigenvalue weighted by Gasteiger charge is -2.16. The molecular weight excluding hydrogens is 208 g/mol. The van der Waals surface area contributed by atoms with Crippen molar-refractivity contribution in [3.05, 3.63) is 24.0 Å². The fourth-order valence-electron chi connectivity index (χ4n) is 1.79. The van der Waals surface area contributed by atoms with Crippen molar-refractivity contribution in [2.45, 2.75) is 13.0 Å². The number of nitrogens with one attached hydrogen (secondary N) is 1. The molecule has 0 bridgehead atoms. The summed E-state index contributed by atoms with van der Waals surface area (Å²) >= 11 is 0. The van der Waals surface area contributed by atoms with Crippen LogP contribution >= 0.6 is 0 Å². The highest BCUT2D eigenvalue weighted by Crippen LogP contribution is 2.19. The van der Waals surface area contributed by atoms with Crippen LogP contribution in [0.15, 0.2) is 18.3 Å². The third-order valence-electron chi connectivity index (χ3n) is 2.65. The molecule has 0 spiro atoms. The van der Waals surface area contributed by atoms with Crippen LogP contribution < -0.4 is 5.32 Å². The average Bonchev–Trinajstić information content (AvgIpc) is 2.66. The second kappa shape index (κ2) is 4.49. The highest BCUT2D eigenvalue weighted by Gasteiger charge is 2.33. The van der Waals surface area contributed by atoms with Crippen molar-refractivity contribution in [1.82, 2.24) is 4.98 Å². The molecule has 1 aromatic rings. The van der Waals surface area contributed by atoms with E-state index in [1.807, 2.05) is 19.1 Å². The van der Waals surface area contributed by atoms with Crippen molar-refractivity contribution in [2.24, 2.45) is 5.92 Å². The molecular formula is C11H14N2O3. The molecule has 1 aliphatic rings. The number of anilines is 1. The Balaban J connectivity index is 2.06. The van der Waals surface area contributed by atoms with E-state index in [0.29, 0.717) is 6.61 Å². The Morgan fingerprint density at radius 2 is 2.44 bits per heavy atom. The minimum Gasteiger partial charge on any atom is -0.481 e. The van der Waals surface area contributed by atoms with E-state index in [-0.39, 0.29) is 12.6 Å². The summed E-state index contributed by atoms with van der Waals surface area (Å²) in [7, 11) is 0. The number of carboxylic acid groups (broad SMARTS) is 1. The van der Waals surface area contributed by atoms with Gasteiger partial charge in [0, 0.05) is 17.6 Å². The van der Waals surface area contributed by atoms with Gasteiger partial charge in [-0.05, 0) is 19.1 Å². The highest BCUT2D eigenvalue weighted by molar-refractivity contribution is 5.72. The van der Waals surface area contributed by atoms with Gasteiger partial charge in [0.15, 0.2) is 0 Å². The Morgan fingerprint density at radius 3 is 3.12 bits per heavy atom. The van der Waals surface area contributed by atoms with Gasteiger partial charge < -0.3 is 15.2 Å². The second-order valence-electron chi connectivity index (χ2n) is 3.92. The maximum absolute atomic E-state index is 10.9. The molecule has 2 N–H and O–H groups in total. The summed E-state index contributed by atoms with van der Waals surface area (Å²) in [5.41, 5.74) is 1.78. The van der Waals surface area contributed by atoms with Gasteiger partial charge in [-0.3, -0.25) is 9.78 Å². The number of carbonyl (C=O) groups is 1. The fourth-order valence-corrected chi connectivity index (χ4v) is 1.79. The van der Waals surface area contributed by atoms with Crippen molar-refractivity contribution in [2.75, 3.05) is 18.5 Å². The molecule has 0 amide bonds. The molecule has 0 radical (unpaired) electrons. The van der Waals surface area contributed by atoms with E-state index >= 15 is 0 Å². The van der Waals surface area contributed by atoms with Crippen LogP contribution in [0.3, 0.4) is 0 Å². The van der Waals surface area contributed by atoms with Gasteiger partial charge >= 0.3 is 5.97 Å². The quantitative estimate of drug-likeness (QED) is 0.795. The normalized spacial score (nSPS) is 24.3. The van der Waals surface area contributed by atoms with Gasteiger partial charge in [-0.2, -0.15) is 0 Å². The predicted molar refractivity (Wildman–Crippen MR) is 58.3 cm³/mol. The lowest BCUT2D eigenvalue weighted by atomic mass is 10.0. The minimum absolute atomic E-state index is 0.167. The number of rotatable bonds is 3. The SMILES string of the molecule is Cc1cc(NC2COCC2C(=O)O)ccn1. The van der Waals surface area contributed by atoms with Gasteiger partial charge in [0.2, 0.25) is 0 Å². The highest BCUT2D eigenvalue weighted by atomic mass is 16.5. The molecule has 1 aliphatic heterocycles. The monoisotopic (exact) mass is 222 g/mol. The van der Waals surface area contributed by atoms with Gasteiger partial charge in [-0.1, -0.05) is 0 Å². The molecule has 2 heterocycles. The van der Waals surface area contributed by atoms with Gasteiger partial charge in [-0.25, -0.2) is 0 Å². The summed E-state index contributed by atoms with van der Waals surface area (Å²) in [6.45, 7) is 2.60. The minimum atomic E-state index is -0.819. The Kier molecular flexibility index (Phi) is 3.05. The van der Waals surface area contributed by atoms with Crippen molar-refractivity contribution in [1.29, 1.82) is 0 Å². The first kappa shape index (κ1) is 10.9. The zero-order valence-corrected chi connectivity index (χ0v) is 9.01. The first-order chi connectivity index (χ1) is 7.66. The zero-order valence-electron chi connectivity index (χ0n) is 9.01. The summed E-state index contributed by atoms with van der Waals surface area (Å²) in [5.74, 6) is -1.30. The summed E-state index contributed by atoms with van der Waals surface area (Å²) in [4.78, 5) is 15.0. The number of aliphatic carboxylic acids is 1. The number of aryl methyl sites for hydroxylation is 1. The summed E-state index contributed by atoms with van der Waals surface area (Å²) in [6.07, 6.45) is 1.70. The predicted octanol–water partition coefficient (Wildman–Crippen LogP) is 0.902. The Hall–Kier alpha value is -1.62. The molecule has 0 saturated carbocycles. The molecule has 1 aromatic heterocycles. The standard InChI is InChI=1S/C11H14N2O3/c1-7-4-8(2-3-12-7)13-10-6-16-5-9(10)11(14)15/h2-4,9-10H,5-6H2,1H3,(H,12,13)(H,14,15). The summed E-state index contributed by atoms with van der Waals surface area (Å²) < 4.78 is 5.17. The third kappa shape index (κ3) is 2.30. The smallest absolute Gasteiger partial charge is 0.311 e. The number of hydrogen-bond donors (Lipinski definition) is 2. The van der Waals surface area contributed by atoms with Crippen LogP contribution in [-0.2, 0) is 9.53 Å². The Bertz CT molecular complexity index is 395. The van der Waals surface area contributed by atoms with Crippen LogP contribution in [0.25, 0.3) is 0 Å². The van der Waals surface area contributed by atoms with E-state index in [1.165, 1.54) is 0 Å². The number of carboxylic acids is 1. The maximum atomic E-state index is 10.9. The molecule has 2 unspecified atom stereocenters. The molecule has 5 nitrogen and oxygen atoms in total. The topological polar surface area (TPSA) is 71.5 Å². The molecule has 0 aromatic carbocycles. The van der Waals surface area contributed by atoms with Gasteiger partial charge in [-0.15, -0.1) is 0 Å². The van der Waals surface area contributed by atoms with Gasteiger partial charge in [0.1, 0.15) is 5.92 Å². The van der Waals surface area contributed by atoms with E-state index < -0.39 is 11.9 Å². The molecule has 0 aliphatic carbocycles. The van der Waals surface area contributed by atoms with E-state index in [0.717, 1.165) is 11.4 Å². The lowest BCUT2D eigenvalue weighted by Crippen LogP contribution is -2.33. The van der Waals surface area contributed by atoms with Crippen LogP contribution in [0.4, 0.5) is 5.69 Å². The van der Waals surface area contributed by atoms with Crippen molar-refractivity contribution >= 4 is 11.7 Å². The van der Waals surface area contributed by atoms with E-state index in [1.54, 1.807) is 6.20 Å². The maximum Gasteiger partial charge on any atom is 0.311 e. The molecule has 1 saturated heterocycles. The van der Waals surface area contributed by atoms with Gasteiger partial charge in [0.25, 0.3) is 0 Å². The largest absolute Gasteiger partial charge is 0.481 e. The third-order valence-corrected chi connectivity index (χ3v) is 2.65. The number of ether oxygens (including phenoxy) is 1. The van der Waals surface area contributed by atoms with E-state index in [2.05, 4.69) is 10.3 Å². The van der Waals surface area contributed by atoms with Crippen LogP contribution in [0.5, 0.6) is 0 Å². The first-order valence-electron chi connectivity index (χ1n) is 5.16. The fraction of sp³-hybridized carbons (Fsp3) is 0.455. The lowest BCUT2D eigenvalue weighted by molar-refractivity contribution is -0.141. The van der Waals surface area contributed by atoms with E-state index in [9.17, 15) is 4.79 Å². The Labute approximate surface area is 93.5 Å². The molecule has 5 heteroatoms. The van der Waals surface area contributed by atoms with Crippen LogP contribution in [0, 0.1) is 12.8 Å². The zero-order chi connectivity index (χ0) is 11.5. The molecule has 2 atom stereocenters. The second-order valence-corrected chi connectivity index (χ2v) is 3.92. The van der Waals surface area contributed by atoms with Crippen molar-refractivity contribution in [3.63, 3.8) is 0 Å². The van der Waals surface area contributed by atoms with Gasteiger partial charge in [0.05, 0.1) is 19.3 Å². The molecule has 2 rings (SSSR count). The van der Waals surface area contributed by atoms with E-state index in [4.69, 9.17) is 9.84 Å².